The molecule has 0 spiro atoms. The summed E-state index contributed by atoms with van der Waals surface area (Å²) >= 11 is 7.75. The van der Waals surface area contributed by atoms with E-state index in [-0.39, 0.29) is 11.2 Å². The van der Waals surface area contributed by atoms with Gasteiger partial charge in [0.2, 0.25) is 0 Å². The van der Waals surface area contributed by atoms with E-state index in [2.05, 4.69) is 14.8 Å². The van der Waals surface area contributed by atoms with Gasteiger partial charge in [-0.25, -0.2) is 0 Å². The molecule has 24 heavy (non-hydrogen) atoms. The van der Waals surface area contributed by atoms with E-state index >= 15 is 0 Å². The van der Waals surface area contributed by atoms with Crippen LogP contribution in [0.25, 0.3) is 11.4 Å². The topological polar surface area (TPSA) is 57.0 Å². The first-order chi connectivity index (χ1) is 11.6. The number of halogens is 1. The Morgan fingerprint density at radius 1 is 1.33 bits per heavy atom. The van der Waals surface area contributed by atoms with Gasteiger partial charge in [-0.2, -0.15) is 0 Å². The highest BCUT2D eigenvalue weighted by Crippen LogP contribution is 2.38. The molecule has 0 N–H and O–H groups in total. The van der Waals surface area contributed by atoms with Crippen LogP contribution in [0.2, 0.25) is 5.02 Å². The number of benzene rings is 1. The van der Waals surface area contributed by atoms with Crippen molar-refractivity contribution in [3.05, 3.63) is 29.3 Å². The molecule has 7 heteroatoms. The minimum absolute atomic E-state index is 0.264. The molecular weight excluding hydrogens is 346 g/mol. The van der Waals surface area contributed by atoms with Crippen LogP contribution in [0.3, 0.4) is 0 Å². The molecule has 0 unspecified atom stereocenters. The van der Waals surface area contributed by atoms with Crippen LogP contribution >= 0.6 is 23.4 Å². The lowest BCUT2D eigenvalue weighted by atomic mass is 10.2. The second kappa shape index (κ2) is 7.57. The third-order valence-electron chi connectivity index (χ3n) is 4.28. The molecular formula is C17H20ClN3O2S. The van der Waals surface area contributed by atoms with Crippen LogP contribution in [0.1, 0.15) is 38.6 Å². The van der Waals surface area contributed by atoms with Crippen molar-refractivity contribution < 1.29 is 9.53 Å². The first-order valence-electron chi connectivity index (χ1n) is 8.06. The maximum Gasteiger partial charge on any atom is 0.318 e. The largest absolute Gasteiger partial charge is 0.468 e. The molecule has 1 aliphatic carbocycles. The normalized spacial score (nSPS) is 16.3. The molecule has 0 amide bonds. The Morgan fingerprint density at radius 3 is 2.71 bits per heavy atom. The summed E-state index contributed by atoms with van der Waals surface area (Å²) < 4.78 is 6.97. The molecule has 5 nitrogen and oxygen atoms in total. The van der Waals surface area contributed by atoms with Crippen LogP contribution < -0.4 is 0 Å². The van der Waals surface area contributed by atoms with Crippen molar-refractivity contribution in [1.29, 1.82) is 0 Å². The number of rotatable bonds is 5. The Hall–Kier alpha value is -1.53. The summed E-state index contributed by atoms with van der Waals surface area (Å²) in [5.74, 6) is 0.507. The fourth-order valence-electron chi connectivity index (χ4n) is 3.05. The lowest BCUT2D eigenvalue weighted by Gasteiger charge is -2.18. The van der Waals surface area contributed by atoms with E-state index in [4.69, 9.17) is 16.3 Å². The van der Waals surface area contributed by atoms with E-state index in [1.54, 1.807) is 0 Å². The summed E-state index contributed by atoms with van der Waals surface area (Å²) in [6, 6.07) is 8.00. The number of ether oxygens (including phenoxy) is 1. The van der Waals surface area contributed by atoms with Gasteiger partial charge in [0, 0.05) is 11.6 Å². The molecule has 1 saturated carbocycles. The van der Waals surface area contributed by atoms with Crippen molar-refractivity contribution in [2.45, 2.75) is 49.1 Å². The zero-order valence-electron chi connectivity index (χ0n) is 13.7. The number of thioether (sulfide) groups is 1. The second-order valence-electron chi connectivity index (χ2n) is 5.88. The van der Waals surface area contributed by atoms with Crippen molar-refractivity contribution in [2.75, 3.05) is 7.11 Å². The molecule has 2 aromatic rings. The van der Waals surface area contributed by atoms with Gasteiger partial charge >= 0.3 is 5.97 Å². The maximum absolute atomic E-state index is 11.8. The van der Waals surface area contributed by atoms with Crippen LogP contribution in [0.5, 0.6) is 0 Å². The summed E-state index contributed by atoms with van der Waals surface area (Å²) in [6.45, 7) is 1.82. The van der Waals surface area contributed by atoms with Crippen LogP contribution in [-0.4, -0.2) is 33.1 Å². The quantitative estimate of drug-likeness (QED) is 0.581. The first kappa shape index (κ1) is 17.3. The molecule has 1 atom stereocenters. The summed E-state index contributed by atoms with van der Waals surface area (Å²) in [7, 11) is 1.40. The number of hydrogen-bond acceptors (Lipinski definition) is 5. The van der Waals surface area contributed by atoms with Crippen molar-refractivity contribution in [3.8, 4) is 11.4 Å². The number of nitrogens with zero attached hydrogens (tertiary/aromatic N) is 3. The molecule has 3 rings (SSSR count). The predicted octanol–water partition coefficient (Wildman–Crippen LogP) is 4.37. The van der Waals surface area contributed by atoms with Gasteiger partial charge in [-0.1, -0.05) is 48.3 Å². The lowest BCUT2D eigenvalue weighted by Crippen LogP contribution is -2.16. The third-order valence-corrected chi connectivity index (χ3v) is 5.65. The monoisotopic (exact) mass is 365 g/mol. The van der Waals surface area contributed by atoms with Crippen LogP contribution in [0, 0.1) is 0 Å². The molecule has 128 valence electrons. The van der Waals surface area contributed by atoms with Gasteiger partial charge < -0.3 is 4.74 Å². The standard InChI is InChI=1S/C17H20ClN3O2S/c1-11(16(22)23-2)24-17-20-19-15(13-9-5-6-10-14(13)18)21(17)12-7-3-4-8-12/h5-6,9-12H,3-4,7-8H2,1-2H3/t11-/m0/s1. The van der Waals surface area contributed by atoms with Gasteiger partial charge in [0.05, 0.1) is 12.1 Å². The molecule has 1 aromatic carbocycles. The predicted molar refractivity (Wildman–Crippen MR) is 95.3 cm³/mol. The Morgan fingerprint density at radius 2 is 2.04 bits per heavy atom. The number of aromatic nitrogens is 3. The molecule has 0 radical (unpaired) electrons. The van der Waals surface area contributed by atoms with Crippen molar-refractivity contribution in [1.82, 2.24) is 14.8 Å². The average Bonchev–Trinajstić information content (AvgIpc) is 3.23. The van der Waals surface area contributed by atoms with E-state index in [9.17, 15) is 4.79 Å². The van der Waals surface area contributed by atoms with Crippen molar-refractivity contribution in [3.63, 3.8) is 0 Å². The maximum atomic E-state index is 11.8. The van der Waals surface area contributed by atoms with Gasteiger partial charge in [-0.3, -0.25) is 9.36 Å². The third kappa shape index (κ3) is 3.44. The highest BCUT2D eigenvalue weighted by atomic mass is 35.5. The zero-order chi connectivity index (χ0) is 17.1. The summed E-state index contributed by atoms with van der Waals surface area (Å²) in [4.78, 5) is 11.8. The Bertz CT molecular complexity index is 728. The van der Waals surface area contributed by atoms with Gasteiger partial charge in [0.25, 0.3) is 0 Å². The summed E-state index contributed by atoms with van der Waals surface area (Å²) in [5.41, 5.74) is 0.871. The van der Waals surface area contributed by atoms with Gasteiger partial charge in [0.1, 0.15) is 5.25 Å². The highest BCUT2D eigenvalue weighted by Gasteiger charge is 2.28. The fourth-order valence-corrected chi connectivity index (χ4v) is 4.21. The Balaban J connectivity index is 2.01. The van der Waals surface area contributed by atoms with E-state index in [0.29, 0.717) is 11.1 Å². The molecule has 0 saturated heterocycles. The van der Waals surface area contributed by atoms with Gasteiger partial charge in [-0.05, 0) is 31.9 Å². The highest BCUT2D eigenvalue weighted by molar-refractivity contribution is 8.00. The Kier molecular flexibility index (Phi) is 5.46. The van der Waals surface area contributed by atoms with E-state index in [1.165, 1.54) is 31.7 Å². The number of methoxy groups -OCH3 is 1. The van der Waals surface area contributed by atoms with Crippen LogP contribution in [0.15, 0.2) is 29.4 Å². The summed E-state index contributed by atoms with van der Waals surface area (Å²) in [5, 5.41) is 9.79. The van der Waals surface area contributed by atoms with E-state index in [1.807, 2.05) is 31.2 Å². The van der Waals surface area contributed by atoms with Gasteiger partial charge in [0.15, 0.2) is 11.0 Å². The summed E-state index contributed by atoms with van der Waals surface area (Å²) in [6.07, 6.45) is 4.58. The molecule has 0 bridgehead atoms. The minimum atomic E-state index is -0.335. The second-order valence-corrected chi connectivity index (χ2v) is 7.59. The van der Waals surface area contributed by atoms with E-state index in [0.717, 1.165) is 29.4 Å². The lowest BCUT2D eigenvalue weighted by molar-refractivity contribution is -0.139. The first-order valence-corrected chi connectivity index (χ1v) is 9.32. The minimum Gasteiger partial charge on any atom is -0.468 e. The number of esters is 1. The average molecular weight is 366 g/mol. The van der Waals surface area contributed by atoms with Crippen LogP contribution in [-0.2, 0) is 9.53 Å². The molecule has 1 heterocycles. The smallest absolute Gasteiger partial charge is 0.318 e. The number of carbonyl (C=O) groups excluding carboxylic acids is 1. The fraction of sp³-hybridized carbons (Fsp3) is 0.471. The molecule has 1 aromatic heterocycles. The van der Waals surface area contributed by atoms with Crippen molar-refractivity contribution >= 4 is 29.3 Å². The molecule has 1 fully saturated rings. The van der Waals surface area contributed by atoms with Crippen LogP contribution in [0.4, 0.5) is 0 Å². The number of hydrogen-bond donors (Lipinski definition) is 0. The van der Waals surface area contributed by atoms with Crippen molar-refractivity contribution in [2.24, 2.45) is 0 Å². The SMILES string of the molecule is COC(=O)[C@H](C)Sc1nnc(-c2ccccc2Cl)n1C1CCCC1. The van der Waals surface area contributed by atoms with Gasteiger partial charge in [-0.15, -0.1) is 10.2 Å². The zero-order valence-corrected chi connectivity index (χ0v) is 15.3. The molecule has 0 aliphatic heterocycles. The molecule has 1 aliphatic rings. The Labute approximate surface area is 150 Å². The van der Waals surface area contributed by atoms with E-state index < -0.39 is 0 Å². The number of carbonyl (C=O) groups is 1.